The van der Waals surface area contributed by atoms with Gasteiger partial charge < -0.3 is 0 Å². The Hall–Kier alpha value is -2.15. The molecule has 0 saturated heterocycles. The normalized spacial score (nSPS) is 11.0. The molecular weight excluding hydrogens is 254 g/mol. The van der Waals surface area contributed by atoms with Gasteiger partial charge in [0, 0.05) is 11.1 Å². The van der Waals surface area contributed by atoms with Crippen LogP contribution in [0.2, 0.25) is 0 Å². The fraction of sp³-hybridized carbons (Fsp3) is 0.200. The maximum Gasteiger partial charge on any atom is 0.0708 e. The highest BCUT2D eigenvalue weighted by Gasteiger charge is 2.10. The van der Waals surface area contributed by atoms with Crippen LogP contribution in [0.5, 0.6) is 0 Å². The van der Waals surface area contributed by atoms with Crippen molar-refractivity contribution in [3.8, 4) is 0 Å². The van der Waals surface area contributed by atoms with Crippen LogP contribution in [-0.4, -0.2) is 4.98 Å². The molecule has 2 aromatic carbocycles. The van der Waals surface area contributed by atoms with Gasteiger partial charge in [-0.1, -0.05) is 36.4 Å². The zero-order valence-electron chi connectivity index (χ0n) is 12.7. The van der Waals surface area contributed by atoms with E-state index in [2.05, 4.69) is 69.3 Å². The van der Waals surface area contributed by atoms with Crippen LogP contribution in [0.3, 0.4) is 0 Å². The summed E-state index contributed by atoms with van der Waals surface area (Å²) in [7, 11) is 0. The molecule has 105 valence electrons. The van der Waals surface area contributed by atoms with E-state index < -0.39 is 0 Å². The molecule has 1 heteroatoms. The van der Waals surface area contributed by atoms with Crippen molar-refractivity contribution in [3.63, 3.8) is 0 Å². The molecule has 0 N–H and O–H groups in total. The Kier molecular flexibility index (Phi) is 3.74. The molecule has 21 heavy (non-hydrogen) atoms. The van der Waals surface area contributed by atoms with Crippen molar-refractivity contribution in [2.24, 2.45) is 0 Å². The predicted octanol–water partition coefficient (Wildman–Crippen LogP) is 4.82. The summed E-state index contributed by atoms with van der Waals surface area (Å²) in [5.41, 5.74) is 7.50. The van der Waals surface area contributed by atoms with Crippen LogP contribution in [0.15, 0.2) is 48.5 Å². The fourth-order valence-corrected chi connectivity index (χ4v) is 2.88. The van der Waals surface area contributed by atoms with Gasteiger partial charge in [0.2, 0.25) is 0 Å². The molecule has 0 unspecified atom stereocenters. The zero-order valence-corrected chi connectivity index (χ0v) is 12.7. The molecule has 0 atom stereocenters. The lowest BCUT2D eigenvalue weighted by molar-refractivity contribution is 1.08. The van der Waals surface area contributed by atoms with E-state index in [0.717, 1.165) is 24.1 Å². The second-order valence-electron chi connectivity index (χ2n) is 5.56. The first kappa shape index (κ1) is 13.8. The van der Waals surface area contributed by atoms with Crippen LogP contribution in [0, 0.1) is 20.8 Å². The number of aromatic nitrogens is 1. The number of benzene rings is 2. The lowest BCUT2D eigenvalue weighted by atomic mass is 9.95. The fourth-order valence-electron chi connectivity index (χ4n) is 2.88. The van der Waals surface area contributed by atoms with Gasteiger partial charge in [0.25, 0.3) is 0 Å². The van der Waals surface area contributed by atoms with Gasteiger partial charge in [0.05, 0.1) is 5.52 Å². The van der Waals surface area contributed by atoms with E-state index in [1.54, 1.807) is 0 Å². The summed E-state index contributed by atoms with van der Waals surface area (Å²) in [4.78, 5) is 4.79. The molecular formula is C20H20N. The van der Waals surface area contributed by atoms with E-state index in [-0.39, 0.29) is 0 Å². The van der Waals surface area contributed by atoms with E-state index in [1.807, 2.05) is 0 Å². The zero-order chi connectivity index (χ0) is 14.8. The molecule has 0 saturated carbocycles. The number of rotatable bonds is 3. The predicted molar refractivity (Wildman–Crippen MR) is 89.5 cm³/mol. The van der Waals surface area contributed by atoms with Crippen LogP contribution in [0.25, 0.3) is 10.9 Å². The molecule has 0 spiro atoms. The highest BCUT2D eigenvalue weighted by molar-refractivity contribution is 5.84. The van der Waals surface area contributed by atoms with Crippen LogP contribution in [0.1, 0.15) is 27.9 Å². The second-order valence-corrected chi connectivity index (χ2v) is 5.56. The van der Waals surface area contributed by atoms with E-state index in [1.165, 1.54) is 27.6 Å². The summed E-state index contributed by atoms with van der Waals surface area (Å²) >= 11 is 0. The van der Waals surface area contributed by atoms with E-state index in [0.29, 0.717) is 0 Å². The van der Waals surface area contributed by atoms with Crippen molar-refractivity contribution >= 4 is 10.9 Å². The van der Waals surface area contributed by atoms with Gasteiger partial charge in [-0.05, 0) is 68.0 Å². The Morgan fingerprint density at radius 2 is 1.71 bits per heavy atom. The minimum Gasteiger partial charge on any atom is -0.253 e. The maximum absolute atomic E-state index is 4.79. The van der Waals surface area contributed by atoms with Gasteiger partial charge in [-0.15, -0.1) is 0 Å². The van der Waals surface area contributed by atoms with Gasteiger partial charge in [-0.2, -0.15) is 0 Å². The molecule has 0 aliphatic carbocycles. The number of fused-ring (bicyclic) bond motifs is 1. The topological polar surface area (TPSA) is 12.9 Å². The quantitative estimate of drug-likeness (QED) is 0.667. The third kappa shape index (κ3) is 2.69. The van der Waals surface area contributed by atoms with Crippen LogP contribution >= 0.6 is 0 Å². The van der Waals surface area contributed by atoms with Crippen molar-refractivity contribution in [1.82, 2.24) is 4.98 Å². The Morgan fingerprint density at radius 3 is 2.43 bits per heavy atom. The molecule has 1 aromatic heterocycles. The minimum atomic E-state index is 0.817. The van der Waals surface area contributed by atoms with Crippen LogP contribution in [0.4, 0.5) is 0 Å². The standard InChI is InChI=1S/C20H20N/c1-4-16-10-11-20-19(12-16)14(2)18(15(3)21-20)13-17-8-6-5-7-9-17/h5-12H,1,4,13H2,2-3H3. The molecule has 1 radical (unpaired) electrons. The average Bonchev–Trinajstić information content (AvgIpc) is 2.52. The molecule has 1 heterocycles. The molecule has 0 aliphatic heterocycles. The first-order valence-electron chi connectivity index (χ1n) is 7.41. The molecule has 0 aliphatic rings. The number of hydrogen-bond donors (Lipinski definition) is 0. The van der Waals surface area contributed by atoms with Crippen molar-refractivity contribution in [2.75, 3.05) is 0 Å². The molecule has 3 rings (SSSR count). The number of hydrogen-bond acceptors (Lipinski definition) is 1. The van der Waals surface area contributed by atoms with E-state index >= 15 is 0 Å². The van der Waals surface area contributed by atoms with Crippen LogP contribution in [-0.2, 0) is 12.8 Å². The van der Waals surface area contributed by atoms with Crippen molar-refractivity contribution in [1.29, 1.82) is 0 Å². The number of nitrogens with zero attached hydrogens (tertiary/aromatic N) is 1. The summed E-state index contributed by atoms with van der Waals surface area (Å²) in [6.45, 7) is 8.30. The van der Waals surface area contributed by atoms with Gasteiger partial charge in [-0.25, -0.2) is 0 Å². The third-order valence-corrected chi connectivity index (χ3v) is 4.15. The highest BCUT2D eigenvalue weighted by atomic mass is 14.7. The van der Waals surface area contributed by atoms with E-state index in [4.69, 9.17) is 4.98 Å². The van der Waals surface area contributed by atoms with Gasteiger partial charge in [0.15, 0.2) is 0 Å². The van der Waals surface area contributed by atoms with Gasteiger partial charge in [-0.3, -0.25) is 4.98 Å². The summed E-state index contributed by atoms with van der Waals surface area (Å²) in [5, 5.41) is 1.26. The Labute approximate surface area is 126 Å². The largest absolute Gasteiger partial charge is 0.253 e. The monoisotopic (exact) mass is 274 g/mol. The highest BCUT2D eigenvalue weighted by Crippen LogP contribution is 2.26. The first-order chi connectivity index (χ1) is 10.2. The Bertz CT molecular complexity index is 773. The molecule has 0 fully saturated rings. The molecule has 0 bridgehead atoms. The first-order valence-corrected chi connectivity index (χ1v) is 7.41. The average molecular weight is 274 g/mol. The van der Waals surface area contributed by atoms with Crippen molar-refractivity contribution < 1.29 is 0 Å². The smallest absolute Gasteiger partial charge is 0.0708 e. The van der Waals surface area contributed by atoms with Gasteiger partial charge in [0.1, 0.15) is 0 Å². The SMILES string of the molecule is [CH2]Cc1ccc2nc(C)c(Cc3ccccc3)c(C)c2c1. The summed E-state index contributed by atoms with van der Waals surface area (Å²) < 4.78 is 0. The summed E-state index contributed by atoms with van der Waals surface area (Å²) in [5.74, 6) is 0. The lowest BCUT2D eigenvalue weighted by Crippen LogP contribution is -2.00. The molecule has 1 nitrogen and oxygen atoms in total. The third-order valence-electron chi connectivity index (χ3n) is 4.15. The Balaban J connectivity index is 2.13. The Morgan fingerprint density at radius 1 is 0.952 bits per heavy atom. The maximum atomic E-state index is 4.79. The minimum absolute atomic E-state index is 0.817. The lowest BCUT2D eigenvalue weighted by Gasteiger charge is -2.13. The number of pyridine rings is 1. The van der Waals surface area contributed by atoms with Crippen molar-refractivity contribution in [2.45, 2.75) is 26.7 Å². The molecule has 3 aromatic rings. The van der Waals surface area contributed by atoms with E-state index in [9.17, 15) is 0 Å². The second kappa shape index (κ2) is 5.69. The summed E-state index contributed by atoms with van der Waals surface area (Å²) in [6, 6.07) is 17.1. The molecule has 0 amide bonds. The number of aryl methyl sites for hydroxylation is 2. The van der Waals surface area contributed by atoms with Gasteiger partial charge >= 0.3 is 0 Å². The van der Waals surface area contributed by atoms with Crippen LogP contribution < -0.4 is 0 Å². The summed E-state index contributed by atoms with van der Waals surface area (Å²) in [6.07, 6.45) is 1.76. The van der Waals surface area contributed by atoms with Crippen molar-refractivity contribution in [3.05, 3.63) is 83.4 Å².